The summed E-state index contributed by atoms with van der Waals surface area (Å²) in [6.45, 7) is 8.21. The van der Waals surface area contributed by atoms with Crippen LogP contribution in [0.5, 0.6) is 5.75 Å². The Morgan fingerprint density at radius 2 is 1.42 bits per heavy atom. The number of hydrogen-bond donors (Lipinski definition) is 0. The highest BCUT2D eigenvalue weighted by atomic mass is 32.2. The smallest absolute Gasteiger partial charge is 0.416 e. The van der Waals surface area contributed by atoms with Crippen LogP contribution in [0.4, 0.5) is 18.9 Å². The number of anilines is 1. The van der Waals surface area contributed by atoms with Crippen LogP contribution in [0.3, 0.4) is 0 Å². The number of alkyl halides is 3. The average Bonchev–Trinajstić information content (AvgIpc) is 2.80. The summed E-state index contributed by atoms with van der Waals surface area (Å²) in [5.41, 5.74) is -0.506. The molecule has 0 aliphatic carbocycles. The van der Waals surface area contributed by atoms with Gasteiger partial charge < -0.3 is 9.64 Å². The lowest BCUT2D eigenvalue weighted by Crippen LogP contribution is -2.26. The third-order valence-corrected chi connectivity index (χ3v) is 7.37. The second-order valence-electron chi connectivity index (χ2n) is 7.78. The Morgan fingerprint density at radius 3 is 1.97 bits per heavy atom. The van der Waals surface area contributed by atoms with E-state index in [-0.39, 0.29) is 4.90 Å². The molecule has 2 aromatic rings. The molecule has 9 heteroatoms. The largest absolute Gasteiger partial charge is 0.494 e. The zero-order valence-corrected chi connectivity index (χ0v) is 20.3. The minimum absolute atomic E-state index is 0.209. The first-order chi connectivity index (χ1) is 15.6. The van der Waals surface area contributed by atoms with Crippen LogP contribution in [-0.4, -0.2) is 46.6 Å². The number of nitrogens with zero attached hydrogens (tertiary/aromatic N) is 2. The molecule has 0 aliphatic heterocycles. The van der Waals surface area contributed by atoms with Gasteiger partial charge in [-0.2, -0.15) is 13.2 Å². The highest BCUT2D eigenvalue weighted by Crippen LogP contribution is 2.31. The van der Waals surface area contributed by atoms with E-state index in [2.05, 4.69) is 18.7 Å². The second-order valence-corrected chi connectivity index (χ2v) is 9.75. The van der Waals surface area contributed by atoms with Crippen molar-refractivity contribution >= 4 is 15.7 Å². The minimum Gasteiger partial charge on any atom is -0.494 e. The minimum atomic E-state index is -4.52. The predicted molar refractivity (Wildman–Crippen MR) is 125 cm³/mol. The van der Waals surface area contributed by atoms with Crippen molar-refractivity contribution in [2.24, 2.45) is 0 Å². The van der Waals surface area contributed by atoms with Crippen LogP contribution in [0.1, 0.15) is 45.1 Å². The topological polar surface area (TPSA) is 49.9 Å². The SMILES string of the molecule is CCN(CC)CCCCCCOc1ccc(N(C)S(=O)(=O)c2ccc(C(F)(F)F)cc2)cc1. The van der Waals surface area contributed by atoms with Crippen molar-refractivity contribution in [3.63, 3.8) is 0 Å². The van der Waals surface area contributed by atoms with Crippen molar-refractivity contribution in [2.75, 3.05) is 37.6 Å². The lowest BCUT2D eigenvalue weighted by molar-refractivity contribution is -0.137. The molecule has 5 nitrogen and oxygen atoms in total. The van der Waals surface area contributed by atoms with Gasteiger partial charge in [0.05, 0.1) is 22.8 Å². The van der Waals surface area contributed by atoms with Crippen LogP contribution in [0.2, 0.25) is 0 Å². The molecule has 33 heavy (non-hydrogen) atoms. The molecule has 0 radical (unpaired) electrons. The van der Waals surface area contributed by atoms with Gasteiger partial charge in [-0.15, -0.1) is 0 Å². The Morgan fingerprint density at radius 1 is 0.848 bits per heavy atom. The molecule has 0 saturated heterocycles. The number of hydrogen-bond acceptors (Lipinski definition) is 4. The molecule has 0 N–H and O–H groups in total. The van der Waals surface area contributed by atoms with Crippen LogP contribution in [0.25, 0.3) is 0 Å². The lowest BCUT2D eigenvalue weighted by Gasteiger charge is -2.20. The van der Waals surface area contributed by atoms with Crippen molar-refractivity contribution in [1.29, 1.82) is 0 Å². The molecule has 0 unspecified atom stereocenters. The number of benzene rings is 2. The third-order valence-electron chi connectivity index (χ3n) is 5.57. The molecule has 2 aromatic carbocycles. The van der Waals surface area contributed by atoms with Crippen LogP contribution < -0.4 is 9.04 Å². The summed E-state index contributed by atoms with van der Waals surface area (Å²) < 4.78 is 70.5. The Balaban J connectivity index is 1.85. The monoisotopic (exact) mass is 486 g/mol. The number of ether oxygens (including phenoxy) is 1. The van der Waals surface area contributed by atoms with E-state index < -0.39 is 21.8 Å². The Labute approximate surface area is 195 Å². The summed E-state index contributed by atoms with van der Waals surface area (Å²) in [5.74, 6) is 0.641. The van der Waals surface area contributed by atoms with Gasteiger partial charge in [0, 0.05) is 7.05 Å². The van der Waals surface area contributed by atoms with Crippen LogP contribution in [0, 0.1) is 0 Å². The summed E-state index contributed by atoms with van der Waals surface area (Å²) in [6, 6.07) is 10.1. The van der Waals surface area contributed by atoms with Gasteiger partial charge in [-0.3, -0.25) is 4.31 Å². The normalized spacial score (nSPS) is 12.2. The van der Waals surface area contributed by atoms with Crippen molar-refractivity contribution < 1.29 is 26.3 Å². The van der Waals surface area contributed by atoms with Crippen molar-refractivity contribution in [1.82, 2.24) is 4.90 Å². The van der Waals surface area contributed by atoms with E-state index in [0.717, 1.165) is 67.5 Å². The van der Waals surface area contributed by atoms with Gasteiger partial charge >= 0.3 is 6.18 Å². The highest BCUT2D eigenvalue weighted by molar-refractivity contribution is 7.92. The Hall–Kier alpha value is -2.26. The Kier molecular flexibility index (Phi) is 10.0. The highest BCUT2D eigenvalue weighted by Gasteiger charge is 2.31. The molecular weight excluding hydrogens is 453 g/mol. The number of rotatable bonds is 13. The standard InChI is InChI=1S/C24H33F3N2O3S/c1-4-29(5-2)18-8-6-7-9-19-32-22-14-12-21(13-15-22)28(3)33(30,31)23-16-10-20(11-17-23)24(25,26)27/h10-17H,4-9,18-19H2,1-3H3. The molecule has 0 bridgehead atoms. The maximum atomic E-state index is 12.8. The third kappa shape index (κ3) is 7.92. The van der Waals surface area contributed by atoms with Gasteiger partial charge in [0.25, 0.3) is 10.0 Å². The van der Waals surface area contributed by atoms with Gasteiger partial charge in [0.2, 0.25) is 0 Å². The van der Waals surface area contributed by atoms with Gasteiger partial charge in [0.15, 0.2) is 0 Å². The molecule has 184 valence electrons. The molecule has 2 rings (SSSR count). The average molecular weight is 487 g/mol. The second kappa shape index (κ2) is 12.3. The first-order valence-corrected chi connectivity index (χ1v) is 12.6. The number of sulfonamides is 1. The summed E-state index contributed by atoms with van der Waals surface area (Å²) in [5, 5.41) is 0. The zero-order valence-electron chi connectivity index (χ0n) is 19.4. The summed E-state index contributed by atoms with van der Waals surface area (Å²) in [4.78, 5) is 2.20. The lowest BCUT2D eigenvalue weighted by atomic mass is 10.2. The van der Waals surface area contributed by atoms with Crippen LogP contribution >= 0.6 is 0 Å². The van der Waals surface area contributed by atoms with E-state index in [4.69, 9.17) is 4.74 Å². The van der Waals surface area contributed by atoms with E-state index in [1.807, 2.05) is 0 Å². The zero-order chi connectivity index (χ0) is 24.5. The maximum Gasteiger partial charge on any atom is 0.416 e. The van der Waals surface area contributed by atoms with Crippen molar-refractivity contribution in [3.8, 4) is 5.75 Å². The molecule has 0 spiro atoms. The van der Waals surface area contributed by atoms with Crippen molar-refractivity contribution in [2.45, 2.75) is 50.6 Å². The molecule has 0 fully saturated rings. The molecule has 0 aromatic heterocycles. The summed E-state index contributed by atoms with van der Waals surface area (Å²) in [7, 11) is -2.62. The quantitative estimate of drug-likeness (QED) is 0.335. The van der Waals surface area contributed by atoms with E-state index in [9.17, 15) is 21.6 Å². The fourth-order valence-corrected chi connectivity index (χ4v) is 4.58. The van der Waals surface area contributed by atoms with Gasteiger partial charge in [0.1, 0.15) is 5.75 Å². The summed E-state index contributed by atoms with van der Waals surface area (Å²) in [6.07, 6.45) is -0.146. The molecular formula is C24H33F3N2O3S. The molecule has 0 atom stereocenters. The van der Waals surface area contributed by atoms with E-state index in [1.165, 1.54) is 13.5 Å². The molecule has 0 amide bonds. The number of unbranched alkanes of at least 4 members (excludes halogenated alkanes) is 3. The van der Waals surface area contributed by atoms with Gasteiger partial charge in [-0.1, -0.05) is 26.7 Å². The summed E-state index contributed by atoms with van der Waals surface area (Å²) >= 11 is 0. The number of halogens is 3. The predicted octanol–water partition coefficient (Wildman–Crippen LogP) is 5.81. The van der Waals surface area contributed by atoms with Crippen molar-refractivity contribution in [3.05, 3.63) is 54.1 Å². The fourth-order valence-electron chi connectivity index (χ4n) is 3.39. The fraction of sp³-hybridized carbons (Fsp3) is 0.500. The molecule has 0 heterocycles. The molecule has 0 aliphatic rings. The van der Waals surface area contributed by atoms with Gasteiger partial charge in [-0.05, 0) is 81.0 Å². The maximum absolute atomic E-state index is 12.8. The molecule has 0 saturated carbocycles. The van der Waals surface area contributed by atoms with Crippen LogP contribution in [0.15, 0.2) is 53.4 Å². The Bertz CT molecular complexity index is 942. The van der Waals surface area contributed by atoms with E-state index in [1.54, 1.807) is 24.3 Å². The first kappa shape index (κ1) is 27.0. The van der Waals surface area contributed by atoms with E-state index >= 15 is 0 Å². The van der Waals surface area contributed by atoms with E-state index in [0.29, 0.717) is 18.0 Å². The first-order valence-electron chi connectivity index (χ1n) is 11.2. The van der Waals surface area contributed by atoms with Gasteiger partial charge in [-0.25, -0.2) is 8.42 Å². The van der Waals surface area contributed by atoms with Crippen LogP contribution in [-0.2, 0) is 16.2 Å².